The molecule has 210 valence electrons. The highest BCUT2D eigenvalue weighted by molar-refractivity contribution is 6.34. The van der Waals surface area contributed by atoms with Crippen LogP contribution >= 0.6 is 23.2 Å². The Morgan fingerprint density at radius 1 is 1.00 bits per heavy atom. The Morgan fingerprint density at radius 2 is 1.78 bits per heavy atom. The monoisotopic (exact) mass is 593 g/mol. The van der Waals surface area contributed by atoms with Crippen LogP contribution in [0, 0.1) is 0 Å². The number of aromatic amines is 1. The molecule has 0 saturated carbocycles. The molecule has 0 bridgehead atoms. The zero-order valence-electron chi connectivity index (χ0n) is 21.9. The largest absolute Gasteiger partial charge is 0.348 e. The summed E-state index contributed by atoms with van der Waals surface area (Å²) < 4.78 is 0. The van der Waals surface area contributed by atoms with Gasteiger partial charge in [-0.2, -0.15) is 4.98 Å². The molecule has 5 rings (SSSR count). The van der Waals surface area contributed by atoms with Crippen molar-refractivity contribution in [1.82, 2.24) is 25.2 Å². The molecular formula is C28H25Cl2N7O4. The van der Waals surface area contributed by atoms with Crippen molar-refractivity contribution < 1.29 is 14.4 Å². The summed E-state index contributed by atoms with van der Waals surface area (Å²) in [5.41, 5.74) is 0.730. The molecule has 3 heterocycles. The van der Waals surface area contributed by atoms with Gasteiger partial charge in [0.15, 0.2) is 0 Å². The van der Waals surface area contributed by atoms with Crippen molar-refractivity contribution in [2.45, 2.75) is 13.5 Å². The Morgan fingerprint density at radius 3 is 2.51 bits per heavy atom. The zero-order valence-corrected chi connectivity index (χ0v) is 23.4. The van der Waals surface area contributed by atoms with Gasteiger partial charge in [0.2, 0.25) is 11.9 Å². The summed E-state index contributed by atoms with van der Waals surface area (Å²) >= 11 is 12.3. The van der Waals surface area contributed by atoms with Gasteiger partial charge >= 0.3 is 0 Å². The van der Waals surface area contributed by atoms with Crippen molar-refractivity contribution in [3.63, 3.8) is 0 Å². The first kappa shape index (κ1) is 28.1. The number of nitrogens with one attached hydrogen (secondary N) is 3. The number of hydrogen-bond donors (Lipinski definition) is 3. The molecule has 1 aliphatic heterocycles. The van der Waals surface area contributed by atoms with Gasteiger partial charge in [0.25, 0.3) is 17.4 Å². The number of piperazine rings is 1. The molecule has 0 spiro atoms. The molecule has 13 heteroatoms. The summed E-state index contributed by atoms with van der Waals surface area (Å²) in [6.07, 6.45) is 1.53. The number of halogens is 2. The van der Waals surface area contributed by atoms with Crippen LogP contribution in [-0.4, -0.2) is 63.8 Å². The molecule has 2 aromatic heterocycles. The quantitative estimate of drug-likeness (QED) is 0.311. The second kappa shape index (κ2) is 11.9. The predicted octanol–water partition coefficient (Wildman–Crippen LogP) is 3.48. The molecule has 1 saturated heterocycles. The van der Waals surface area contributed by atoms with E-state index in [1.807, 2.05) is 11.0 Å². The maximum absolute atomic E-state index is 13.1. The molecule has 3 amide bonds. The van der Waals surface area contributed by atoms with Crippen LogP contribution in [0.5, 0.6) is 0 Å². The first-order valence-corrected chi connectivity index (χ1v) is 13.5. The minimum Gasteiger partial charge on any atom is -0.348 e. The summed E-state index contributed by atoms with van der Waals surface area (Å²) in [4.78, 5) is 65.4. The molecule has 0 radical (unpaired) electrons. The summed E-state index contributed by atoms with van der Waals surface area (Å²) in [6.45, 7) is 4.03. The van der Waals surface area contributed by atoms with Crippen LogP contribution in [0.2, 0.25) is 10.0 Å². The fourth-order valence-corrected chi connectivity index (χ4v) is 4.79. The van der Waals surface area contributed by atoms with Gasteiger partial charge < -0.3 is 25.4 Å². The van der Waals surface area contributed by atoms with E-state index in [9.17, 15) is 19.2 Å². The number of nitrogens with zero attached hydrogens (tertiary/aromatic N) is 4. The van der Waals surface area contributed by atoms with Crippen molar-refractivity contribution in [2.75, 3.05) is 36.4 Å². The van der Waals surface area contributed by atoms with Crippen molar-refractivity contribution in [3.05, 3.63) is 91.8 Å². The lowest BCUT2D eigenvalue weighted by atomic mass is 10.1. The topological polar surface area (TPSA) is 140 Å². The van der Waals surface area contributed by atoms with E-state index in [0.717, 1.165) is 5.56 Å². The Labute approximate surface area is 244 Å². The fourth-order valence-electron chi connectivity index (χ4n) is 4.41. The Kier molecular flexibility index (Phi) is 8.18. The number of amides is 3. The number of rotatable bonds is 6. The van der Waals surface area contributed by atoms with Gasteiger partial charge in [-0.3, -0.25) is 19.2 Å². The number of benzene rings is 2. The average molecular weight is 594 g/mol. The highest BCUT2D eigenvalue weighted by Gasteiger charge is 2.21. The highest BCUT2D eigenvalue weighted by atomic mass is 35.5. The smallest absolute Gasteiger partial charge is 0.262 e. The molecule has 41 heavy (non-hydrogen) atoms. The van der Waals surface area contributed by atoms with Gasteiger partial charge in [-0.15, -0.1) is 0 Å². The van der Waals surface area contributed by atoms with E-state index in [0.29, 0.717) is 42.5 Å². The van der Waals surface area contributed by atoms with E-state index >= 15 is 0 Å². The number of aromatic nitrogens is 3. The van der Waals surface area contributed by atoms with Crippen molar-refractivity contribution >= 4 is 63.6 Å². The lowest BCUT2D eigenvalue weighted by Gasteiger charge is -2.34. The van der Waals surface area contributed by atoms with Crippen LogP contribution in [0.1, 0.15) is 33.2 Å². The summed E-state index contributed by atoms with van der Waals surface area (Å²) in [6, 6.07) is 13.0. The number of H-pyrrole nitrogens is 1. The lowest BCUT2D eigenvalue weighted by Crippen LogP contribution is -2.48. The van der Waals surface area contributed by atoms with E-state index in [2.05, 4.69) is 25.6 Å². The van der Waals surface area contributed by atoms with Gasteiger partial charge in [0.05, 0.1) is 10.7 Å². The Hall–Kier alpha value is -4.48. The maximum Gasteiger partial charge on any atom is 0.262 e. The molecule has 11 nitrogen and oxygen atoms in total. The number of carbonyl (C=O) groups excluding carboxylic acids is 3. The summed E-state index contributed by atoms with van der Waals surface area (Å²) in [7, 11) is 0. The molecule has 4 aromatic rings. The summed E-state index contributed by atoms with van der Waals surface area (Å²) in [5, 5.41) is 6.63. The van der Waals surface area contributed by atoms with Gasteiger partial charge in [-0.1, -0.05) is 35.3 Å². The van der Waals surface area contributed by atoms with E-state index in [-0.39, 0.29) is 45.8 Å². The van der Waals surface area contributed by atoms with Crippen LogP contribution in [0.3, 0.4) is 0 Å². The predicted molar refractivity (Wildman–Crippen MR) is 157 cm³/mol. The third-order valence-corrected chi connectivity index (χ3v) is 7.22. The molecule has 1 fully saturated rings. The van der Waals surface area contributed by atoms with E-state index in [4.69, 9.17) is 23.2 Å². The molecule has 1 aliphatic rings. The van der Waals surface area contributed by atoms with Crippen LogP contribution in [0.25, 0.3) is 11.0 Å². The standard InChI is InChI=1S/C28H25Cl2N7O4/c1-16(38)36-7-9-37(10-8-36)28-32-15-19-12-21(27(41)34-24(19)35-28)26(40)33-23-13-18(5-6-22(23)30)25(39)31-14-17-3-2-4-20(29)11-17/h2-6,11-13,15H,7-10,14H2,1H3,(H,31,39)(H,33,40)(H,32,34,35,41). The molecule has 0 unspecified atom stereocenters. The van der Waals surface area contributed by atoms with E-state index in [1.54, 1.807) is 23.1 Å². The Bertz CT molecular complexity index is 1720. The third-order valence-electron chi connectivity index (χ3n) is 6.65. The number of carbonyl (C=O) groups is 3. The second-order valence-corrected chi connectivity index (χ2v) is 10.3. The SMILES string of the molecule is CC(=O)N1CCN(c2ncc3cc(C(=O)Nc4cc(C(=O)NCc5cccc(Cl)c5)ccc4Cl)c(=O)[nH]c3n2)CC1. The van der Waals surface area contributed by atoms with Crippen LogP contribution in [0.4, 0.5) is 11.6 Å². The summed E-state index contributed by atoms with van der Waals surface area (Å²) in [5.74, 6) is -0.651. The van der Waals surface area contributed by atoms with Crippen molar-refractivity contribution in [1.29, 1.82) is 0 Å². The Balaban J connectivity index is 1.29. The van der Waals surface area contributed by atoms with Gasteiger partial charge in [-0.05, 0) is 42.0 Å². The van der Waals surface area contributed by atoms with Crippen LogP contribution in [-0.2, 0) is 11.3 Å². The molecular weight excluding hydrogens is 569 g/mol. The molecule has 3 N–H and O–H groups in total. The lowest BCUT2D eigenvalue weighted by molar-refractivity contribution is -0.129. The highest BCUT2D eigenvalue weighted by Crippen LogP contribution is 2.24. The number of pyridine rings is 1. The van der Waals surface area contributed by atoms with Crippen LogP contribution in [0.15, 0.2) is 59.5 Å². The number of anilines is 2. The normalized spacial score (nSPS) is 13.2. The third kappa shape index (κ3) is 6.47. The average Bonchev–Trinajstić information content (AvgIpc) is 2.96. The minimum absolute atomic E-state index is 0.0179. The van der Waals surface area contributed by atoms with E-state index in [1.165, 1.54) is 37.4 Å². The molecule has 2 aromatic carbocycles. The first-order valence-electron chi connectivity index (χ1n) is 12.7. The van der Waals surface area contributed by atoms with Crippen molar-refractivity contribution in [2.24, 2.45) is 0 Å². The fraction of sp³-hybridized carbons (Fsp3) is 0.214. The van der Waals surface area contributed by atoms with E-state index < -0.39 is 11.5 Å². The maximum atomic E-state index is 13.1. The van der Waals surface area contributed by atoms with Crippen molar-refractivity contribution in [3.8, 4) is 0 Å². The van der Waals surface area contributed by atoms with Gasteiger partial charge in [0.1, 0.15) is 11.2 Å². The minimum atomic E-state index is -0.712. The van der Waals surface area contributed by atoms with Gasteiger partial charge in [-0.25, -0.2) is 4.98 Å². The second-order valence-electron chi connectivity index (χ2n) is 9.44. The van der Waals surface area contributed by atoms with Gasteiger partial charge in [0, 0.05) is 61.8 Å². The zero-order chi connectivity index (χ0) is 29.1. The molecule has 0 aliphatic carbocycles. The first-order chi connectivity index (χ1) is 19.7. The molecule has 0 atom stereocenters. The van der Waals surface area contributed by atoms with Crippen LogP contribution < -0.4 is 21.1 Å². The number of hydrogen-bond acceptors (Lipinski definition) is 7. The number of fused-ring (bicyclic) bond motifs is 1.